The van der Waals surface area contributed by atoms with Gasteiger partial charge in [0.25, 0.3) is 0 Å². The number of rotatable bonds is 10. The fraction of sp³-hybridized carbons (Fsp3) is 0.343. The summed E-state index contributed by atoms with van der Waals surface area (Å²) in [4.78, 5) is 62.2. The molecule has 1 fully saturated rings. The van der Waals surface area contributed by atoms with Crippen LogP contribution in [0.2, 0.25) is 19.6 Å². The number of aliphatic hydroxyl groups is 3. The first kappa shape index (κ1) is 101. The average molecular weight is 2260 g/mol. The smallest absolute Gasteiger partial charge is 0.164 e. The third-order valence-electron chi connectivity index (χ3n) is 21.4. The molecular weight excluding hydrogens is 2140 g/mol. The predicted octanol–water partition coefficient (Wildman–Crippen LogP) is 29.1. The Balaban J connectivity index is 0.000000190. The van der Waals surface area contributed by atoms with Crippen LogP contribution in [-0.2, 0) is 81.1 Å². The molecule has 6 aromatic heterocycles. The second-order valence-electron chi connectivity index (χ2n) is 39.1. The van der Waals surface area contributed by atoms with Crippen LogP contribution in [0.1, 0.15) is 181 Å². The van der Waals surface area contributed by atoms with Gasteiger partial charge >= 0.3 is 0 Å². The SMILES string of the molecule is CC(C)(C)C(=O)C=C(O)C(C)(C)C.CC(C)(C)C(=O)C=C(O)C(C)(C)C.CC(C)(C)C(=O)C=C(O)C(C)(C)C.CC(C)Cc1ccc2c(-c3[c-]ccc4c3sc3ccccc34)ncnc2c1.C[Si](C)(C)c1ccc2c(-c3[c-]ccc4c3sc3ccccc34)ncnc2c1.[Ir].[Ir].[Ir].[c-]1ccc2c(sc3ccccc32)c1-c1ncnc2cc(C3CCCC3)ccc12. The summed E-state index contributed by atoms with van der Waals surface area (Å²) in [6, 6.07) is 68.7. The van der Waals surface area contributed by atoms with E-state index >= 15 is 0 Å². The second kappa shape index (κ2) is 41.5. The fourth-order valence-corrected chi connectivity index (χ4v) is 18.4. The van der Waals surface area contributed by atoms with Crippen molar-refractivity contribution in [3.8, 4) is 33.8 Å². The normalized spacial score (nSPS) is 13.2. The van der Waals surface area contributed by atoms with Gasteiger partial charge in [-0.2, -0.15) is 34.0 Å². The maximum atomic E-state index is 11.5. The molecule has 3 N–H and O–H groups in total. The van der Waals surface area contributed by atoms with Crippen LogP contribution in [0.4, 0.5) is 0 Å². The van der Waals surface area contributed by atoms with E-state index in [1.807, 2.05) is 177 Å². The minimum absolute atomic E-state index is 0. The van der Waals surface area contributed by atoms with Gasteiger partial charge in [-0.25, -0.2) is 15.0 Å². The summed E-state index contributed by atoms with van der Waals surface area (Å²) in [6.07, 6.45) is 15.4. The first-order chi connectivity index (χ1) is 56.8. The van der Waals surface area contributed by atoms with Crippen LogP contribution >= 0.6 is 34.0 Å². The molecule has 0 spiro atoms. The molecule has 0 amide bonds. The molecule has 3 radical (unpaired) electrons. The summed E-state index contributed by atoms with van der Waals surface area (Å²) in [7, 11) is -1.38. The Morgan fingerprint density at radius 1 is 0.395 bits per heavy atom. The zero-order valence-electron chi connectivity index (χ0n) is 75.7. The van der Waals surface area contributed by atoms with E-state index in [1.54, 1.807) is 19.0 Å². The monoisotopic (exact) mass is 2260 g/mol. The van der Waals surface area contributed by atoms with Gasteiger partial charge in [-0.1, -0.05) is 283 Å². The van der Waals surface area contributed by atoms with Gasteiger partial charge in [0.15, 0.2) is 17.3 Å². The van der Waals surface area contributed by atoms with Crippen LogP contribution in [0, 0.1) is 56.6 Å². The molecule has 1 aliphatic rings. The third-order valence-corrected chi connectivity index (χ3v) is 27.0. The topological polar surface area (TPSA) is 189 Å². The van der Waals surface area contributed by atoms with Gasteiger partial charge in [-0.05, 0) is 125 Å². The van der Waals surface area contributed by atoms with E-state index in [-0.39, 0.29) is 111 Å². The Kier molecular flexibility index (Phi) is 33.7. The summed E-state index contributed by atoms with van der Waals surface area (Å²) < 4.78 is 7.64. The number of thiophene rings is 3. The standard InChI is InChI=1S/C25H19N2S.C24H19N2S.C23H19N2SSi.3C11H20O2.3Ir/c1-2-7-16(6-1)17-12-13-20-22(14-17)26-15-27-24(20)21-10-5-9-19-18-8-3-4-11-23(18)28-25(19)21;1-15(2)12-16-10-11-19-21(13-16)25-14-26-23(19)20-8-5-7-18-17-6-3-4-9-22(17)27-24(18)20;1-27(2,3)15-11-12-18-20(13-15)24-14-25-22(18)19-9-6-8-17-16-7-4-5-10-21(16)26-23(17)19;3*1-10(2,3)8(12)7-9(13)11(4,5)6;;;/h3-5,8-9,11-16H,1-2,6-7H2;3-7,9-11,13-15H,12H2,1-2H3;4-8,10-14H,1-3H3;3*7,12H,1-6H3;;;/q3*-1;;;;;;. The minimum atomic E-state index is -1.38. The number of nitrogens with zero attached hydrogens (tertiary/aromatic N) is 6. The van der Waals surface area contributed by atoms with Gasteiger partial charge in [0.05, 0.1) is 24.6 Å². The van der Waals surface area contributed by atoms with Crippen molar-refractivity contribution >= 4 is 158 Å². The fourth-order valence-electron chi connectivity index (χ4n) is 13.7. The molecule has 124 heavy (non-hydrogen) atoms. The van der Waals surface area contributed by atoms with Crippen molar-refractivity contribution in [1.82, 2.24) is 29.9 Å². The number of carbonyl (C=O) groups is 3. The van der Waals surface area contributed by atoms with Crippen molar-refractivity contribution in [3.63, 3.8) is 0 Å². The number of aliphatic hydroxyl groups excluding tert-OH is 3. The van der Waals surface area contributed by atoms with Crippen molar-refractivity contribution in [2.45, 2.75) is 196 Å². The molecule has 655 valence electrons. The summed E-state index contributed by atoms with van der Waals surface area (Å²) in [5.41, 5.74) is 9.68. The summed E-state index contributed by atoms with van der Waals surface area (Å²) in [6.45, 7) is 44.9. The minimum Gasteiger partial charge on any atom is -0.512 e. The molecule has 0 atom stereocenters. The molecule has 19 heteroatoms. The molecule has 9 aromatic carbocycles. The van der Waals surface area contributed by atoms with Crippen LogP contribution in [0.15, 0.2) is 218 Å². The molecule has 0 saturated heterocycles. The molecule has 12 nitrogen and oxygen atoms in total. The molecule has 15 aromatic rings. The zero-order valence-corrected chi connectivity index (χ0v) is 86.4. The van der Waals surface area contributed by atoms with Crippen LogP contribution < -0.4 is 5.19 Å². The molecular formula is C105H117Ir3N6O6S3Si-3. The Labute approximate surface area is 786 Å². The van der Waals surface area contributed by atoms with E-state index in [9.17, 15) is 29.7 Å². The van der Waals surface area contributed by atoms with Crippen molar-refractivity contribution in [3.05, 3.63) is 248 Å². The van der Waals surface area contributed by atoms with E-state index in [4.69, 9.17) is 0 Å². The largest absolute Gasteiger partial charge is 0.512 e. The number of aromatic nitrogens is 6. The van der Waals surface area contributed by atoms with Crippen molar-refractivity contribution < 1.29 is 90.0 Å². The van der Waals surface area contributed by atoms with E-state index < -0.39 is 24.3 Å². The van der Waals surface area contributed by atoms with Gasteiger partial charge in [-0.15, -0.1) is 71.3 Å². The third kappa shape index (κ3) is 24.8. The van der Waals surface area contributed by atoms with E-state index in [1.165, 1.54) is 121 Å². The van der Waals surface area contributed by atoms with Gasteiger partial charge < -0.3 is 15.3 Å². The Morgan fingerprint density at radius 2 is 0.710 bits per heavy atom. The summed E-state index contributed by atoms with van der Waals surface area (Å²) in [5, 5.41) is 41.1. The van der Waals surface area contributed by atoms with E-state index in [0.29, 0.717) is 11.8 Å². The van der Waals surface area contributed by atoms with Crippen LogP contribution in [0.3, 0.4) is 0 Å². The van der Waals surface area contributed by atoms with Gasteiger partial charge in [-0.3, -0.25) is 29.3 Å². The first-order valence-electron chi connectivity index (χ1n) is 41.8. The number of hydrogen-bond acceptors (Lipinski definition) is 15. The summed E-state index contributed by atoms with van der Waals surface area (Å²) in [5.74, 6) is 1.64. The number of ketones is 3. The Bertz CT molecular complexity index is 6300. The first-order valence-corrected chi connectivity index (χ1v) is 47.8. The molecule has 0 aliphatic heterocycles. The molecule has 1 aliphatic carbocycles. The van der Waals surface area contributed by atoms with Crippen molar-refractivity contribution in [2.24, 2.45) is 38.4 Å². The Morgan fingerprint density at radius 3 is 1.03 bits per heavy atom. The van der Waals surface area contributed by atoms with E-state index in [2.05, 4.69) is 227 Å². The second-order valence-corrected chi connectivity index (χ2v) is 47.4. The average Bonchev–Trinajstić information content (AvgIpc) is 1.56. The van der Waals surface area contributed by atoms with Gasteiger partial charge in [0, 0.05) is 142 Å². The predicted molar refractivity (Wildman–Crippen MR) is 517 cm³/mol. The van der Waals surface area contributed by atoms with Crippen molar-refractivity contribution in [1.29, 1.82) is 0 Å². The molecule has 6 heterocycles. The summed E-state index contributed by atoms with van der Waals surface area (Å²) >= 11 is 5.45. The number of hydrogen-bond donors (Lipinski definition) is 3. The number of allylic oxidation sites excluding steroid dienone is 6. The molecule has 16 rings (SSSR count). The molecule has 0 bridgehead atoms. The van der Waals surface area contributed by atoms with Crippen LogP contribution in [0.5, 0.6) is 0 Å². The maximum Gasteiger partial charge on any atom is 0.164 e. The number of benzene rings is 9. The van der Waals surface area contributed by atoms with Crippen molar-refractivity contribution in [2.75, 3.05) is 0 Å². The number of carbonyl (C=O) groups excluding carboxylic acids is 3. The quantitative estimate of drug-likeness (QED) is 0.0509. The molecule has 0 unspecified atom stereocenters. The van der Waals surface area contributed by atoms with Crippen LogP contribution in [0.25, 0.3) is 127 Å². The zero-order chi connectivity index (χ0) is 88.1. The Hall–Kier alpha value is -8.55. The van der Waals surface area contributed by atoms with Gasteiger partial charge in [0.1, 0.15) is 36.3 Å². The number of fused-ring (bicyclic) bond motifs is 12. The maximum absolute atomic E-state index is 11.5. The van der Waals surface area contributed by atoms with E-state index in [0.717, 1.165) is 72.9 Å². The van der Waals surface area contributed by atoms with Gasteiger partial charge in [0.2, 0.25) is 0 Å². The molecule has 1 saturated carbocycles. The van der Waals surface area contributed by atoms with Crippen LogP contribution in [-0.4, -0.2) is 70.6 Å².